The number of anilines is 1. The van der Waals surface area contributed by atoms with Gasteiger partial charge in [-0.15, -0.1) is 0 Å². The highest BCUT2D eigenvalue weighted by atomic mass is 35.5. The lowest BCUT2D eigenvalue weighted by Crippen LogP contribution is -2.32. The average molecular weight is 333 g/mol. The van der Waals surface area contributed by atoms with Crippen LogP contribution in [0.15, 0.2) is 42.5 Å². The molecule has 1 aliphatic heterocycles. The van der Waals surface area contributed by atoms with E-state index in [0.29, 0.717) is 27.8 Å². The molecular formula is C16H13ClN2O4. The van der Waals surface area contributed by atoms with Gasteiger partial charge in [0.1, 0.15) is 0 Å². The van der Waals surface area contributed by atoms with Gasteiger partial charge >= 0.3 is 0 Å². The van der Waals surface area contributed by atoms with Gasteiger partial charge in [-0.2, -0.15) is 0 Å². The molecule has 1 heterocycles. The first-order chi connectivity index (χ1) is 11.1. The van der Waals surface area contributed by atoms with Crippen molar-refractivity contribution >= 4 is 29.1 Å². The summed E-state index contributed by atoms with van der Waals surface area (Å²) in [5.41, 5.74) is 0.963. The quantitative estimate of drug-likeness (QED) is 0.901. The van der Waals surface area contributed by atoms with Crippen LogP contribution in [0, 0.1) is 0 Å². The van der Waals surface area contributed by atoms with Crippen molar-refractivity contribution in [3.05, 3.63) is 53.1 Å². The third-order valence-corrected chi connectivity index (χ3v) is 3.39. The Morgan fingerprint density at radius 2 is 1.91 bits per heavy atom. The lowest BCUT2D eigenvalue weighted by atomic mass is 10.2. The minimum atomic E-state index is -0.371. The van der Waals surface area contributed by atoms with Gasteiger partial charge in [-0.3, -0.25) is 9.59 Å². The Bertz CT molecular complexity index is 763. The maximum Gasteiger partial charge on any atom is 0.251 e. The summed E-state index contributed by atoms with van der Waals surface area (Å²) in [5.74, 6) is 0.396. The van der Waals surface area contributed by atoms with Crippen LogP contribution in [-0.4, -0.2) is 25.2 Å². The van der Waals surface area contributed by atoms with E-state index < -0.39 is 0 Å². The van der Waals surface area contributed by atoms with Crippen LogP contribution in [0.2, 0.25) is 5.02 Å². The summed E-state index contributed by atoms with van der Waals surface area (Å²) in [6.45, 7) is -0.0117. The van der Waals surface area contributed by atoms with Gasteiger partial charge in [0.2, 0.25) is 12.7 Å². The molecule has 6 nitrogen and oxygen atoms in total. The molecule has 7 heteroatoms. The molecule has 0 radical (unpaired) electrons. The van der Waals surface area contributed by atoms with E-state index in [9.17, 15) is 9.59 Å². The van der Waals surface area contributed by atoms with Crippen molar-refractivity contribution in [2.24, 2.45) is 0 Å². The second-order valence-electron chi connectivity index (χ2n) is 4.81. The van der Waals surface area contributed by atoms with E-state index in [1.165, 1.54) is 0 Å². The summed E-state index contributed by atoms with van der Waals surface area (Å²) in [4.78, 5) is 23.9. The SMILES string of the molecule is O=C(CNC(=O)c1ccc2c(c1)OCO2)Nc1cccc(Cl)c1. The Morgan fingerprint density at radius 1 is 1.09 bits per heavy atom. The van der Waals surface area contributed by atoms with Crippen LogP contribution in [0.4, 0.5) is 5.69 Å². The van der Waals surface area contributed by atoms with E-state index in [-0.39, 0.29) is 25.2 Å². The summed E-state index contributed by atoms with van der Waals surface area (Å²) in [6, 6.07) is 11.6. The highest BCUT2D eigenvalue weighted by Crippen LogP contribution is 2.32. The first kappa shape index (κ1) is 15.2. The average Bonchev–Trinajstić information content (AvgIpc) is 3.00. The van der Waals surface area contributed by atoms with Crippen LogP contribution in [0.5, 0.6) is 11.5 Å². The first-order valence-electron chi connectivity index (χ1n) is 6.85. The van der Waals surface area contributed by atoms with Crippen molar-refractivity contribution in [2.75, 3.05) is 18.7 Å². The number of fused-ring (bicyclic) bond motifs is 1. The molecule has 23 heavy (non-hydrogen) atoms. The number of carbonyl (C=O) groups is 2. The largest absolute Gasteiger partial charge is 0.454 e. The van der Waals surface area contributed by atoms with E-state index in [1.807, 2.05) is 0 Å². The maximum absolute atomic E-state index is 12.0. The molecule has 1 aliphatic rings. The lowest BCUT2D eigenvalue weighted by molar-refractivity contribution is -0.115. The maximum atomic E-state index is 12.0. The van der Waals surface area contributed by atoms with Crippen molar-refractivity contribution in [2.45, 2.75) is 0 Å². The van der Waals surface area contributed by atoms with Crippen LogP contribution in [0.25, 0.3) is 0 Å². The zero-order valence-electron chi connectivity index (χ0n) is 12.0. The predicted molar refractivity (Wildman–Crippen MR) is 85.0 cm³/mol. The highest BCUT2D eigenvalue weighted by molar-refractivity contribution is 6.30. The lowest BCUT2D eigenvalue weighted by Gasteiger charge is -2.07. The van der Waals surface area contributed by atoms with Crippen LogP contribution in [-0.2, 0) is 4.79 Å². The molecule has 2 amide bonds. The smallest absolute Gasteiger partial charge is 0.251 e. The van der Waals surface area contributed by atoms with E-state index in [1.54, 1.807) is 42.5 Å². The Morgan fingerprint density at radius 3 is 2.74 bits per heavy atom. The number of rotatable bonds is 4. The standard InChI is InChI=1S/C16H13ClN2O4/c17-11-2-1-3-12(7-11)19-15(20)8-18-16(21)10-4-5-13-14(6-10)23-9-22-13/h1-7H,8-9H2,(H,18,21)(H,19,20). The highest BCUT2D eigenvalue weighted by Gasteiger charge is 2.16. The predicted octanol–water partition coefficient (Wildman–Crippen LogP) is 2.44. The molecule has 0 atom stereocenters. The minimum Gasteiger partial charge on any atom is -0.454 e. The topological polar surface area (TPSA) is 76.7 Å². The van der Waals surface area contributed by atoms with E-state index >= 15 is 0 Å². The van der Waals surface area contributed by atoms with Gasteiger partial charge in [-0.05, 0) is 36.4 Å². The van der Waals surface area contributed by atoms with Crippen LogP contribution in [0.3, 0.4) is 0 Å². The monoisotopic (exact) mass is 332 g/mol. The van der Waals surface area contributed by atoms with Crippen molar-refractivity contribution in [3.8, 4) is 11.5 Å². The fourth-order valence-corrected chi connectivity index (χ4v) is 2.26. The molecule has 0 spiro atoms. The summed E-state index contributed by atoms with van der Waals surface area (Å²) < 4.78 is 10.4. The molecular weight excluding hydrogens is 320 g/mol. The van der Waals surface area contributed by atoms with Gasteiger partial charge in [-0.25, -0.2) is 0 Å². The van der Waals surface area contributed by atoms with Gasteiger partial charge < -0.3 is 20.1 Å². The zero-order valence-corrected chi connectivity index (χ0v) is 12.7. The van der Waals surface area contributed by atoms with E-state index in [0.717, 1.165) is 0 Å². The van der Waals surface area contributed by atoms with Gasteiger partial charge in [-0.1, -0.05) is 17.7 Å². The number of hydrogen-bond donors (Lipinski definition) is 2. The Kier molecular flexibility index (Phi) is 4.34. The van der Waals surface area contributed by atoms with Crippen LogP contribution < -0.4 is 20.1 Å². The molecule has 118 valence electrons. The van der Waals surface area contributed by atoms with Crippen molar-refractivity contribution in [1.29, 1.82) is 0 Å². The summed E-state index contributed by atoms with van der Waals surface area (Å²) in [7, 11) is 0. The van der Waals surface area contributed by atoms with E-state index in [4.69, 9.17) is 21.1 Å². The number of halogens is 1. The summed E-state index contributed by atoms with van der Waals surface area (Å²) >= 11 is 5.84. The number of amides is 2. The molecule has 2 N–H and O–H groups in total. The normalized spacial score (nSPS) is 11.9. The van der Waals surface area contributed by atoms with Crippen molar-refractivity contribution < 1.29 is 19.1 Å². The first-order valence-corrected chi connectivity index (χ1v) is 7.23. The van der Waals surface area contributed by atoms with Crippen molar-refractivity contribution in [3.63, 3.8) is 0 Å². The molecule has 2 aromatic rings. The molecule has 0 bridgehead atoms. The Hall–Kier alpha value is -2.73. The molecule has 0 fully saturated rings. The second-order valence-corrected chi connectivity index (χ2v) is 5.25. The molecule has 0 unspecified atom stereocenters. The van der Waals surface area contributed by atoms with Crippen LogP contribution >= 0.6 is 11.6 Å². The Labute approximate surface area is 137 Å². The van der Waals surface area contributed by atoms with Crippen LogP contribution in [0.1, 0.15) is 10.4 Å². The third kappa shape index (κ3) is 3.73. The molecule has 0 saturated carbocycles. The molecule has 0 aromatic heterocycles. The summed E-state index contributed by atoms with van der Waals surface area (Å²) in [6.07, 6.45) is 0. The minimum absolute atomic E-state index is 0.141. The molecule has 0 saturated heterocycles. The molecule has 0 aliphatic carbocycles. The van der Waals surface area contributed by atoms with E-state index in [2.05, 4.69) is 10.6 Å². The zero-order chi connectivity index (χ0) is 16.2. The van der Waals surface area contributed by atoms with Gasteiger partial charge in [0.15, 0.2) is 11.5 Å². The summed E-state index contributed by atoms with van der Waals surface area (Å²) in [5, 5.41) is 5.71. The van der Waals surface area contributed by atoms with Crippen molar-refractivity contribution in [1.82, 2.24) is 5.32 Å². The number of benzene rings is 2. The molecule has 3 rings (SSSR count). The van der Waals surface area contributed by atoms with Gasteiger partial charge in [0.05, 0.1) is 6.54 Å². The fourth-order valence-electron chi connectivity index (χ4n) is 2.07. The third-order valence-electron chi connectivity index (χ3n) is 3.15. The molecule has 2 aromatic carbocycles. The second kappa shape index (κ2) is 6.58. The van der Waals surface area contributed by atoms with Gasteiger partial charge in [0, 0.05) is 16.3 Å². The Balaban J connectivity index is 1.55. The number of carbonyl (C=O) groups excluding carboxylic acids is 2. The number of nitrogens with one attached hydrogen (secondary N) is 2. The fraction of sp³-hybridized carbons (Fsp3) is 0.125. The van der Waals surface area contributed by atoms with Gasteiger partial charge in [0.25, 0.3) is 5.91 Å². The number of ether oxygens (including phenoxy) is 2. The number of hydrogen-bond acceptors (Lipinski definition) is 4.